The third-order valence-corrected chi connectivity index (χ3v) is 5.05. The van der Waals surface area contributed by atoms with Gasteiger partial charge in [-0.2, -0.15) is 0 Å². The minimum absolute atomic E-state index is 0.165. The van der Waals surface area contributed by atoms with E-state index in [1.807, 2.05) is 24.3 Å². The first-order valence-corrected chi connectivity index (χ1v) is 9.84. The Morgan fingerprint density at radius 2 is 2.11 bits per heavy atom. The van der Waals surface area contributed by atoms with Crippen LogP contribution in [0.5, 0.6) is 5.75 Å². The molecule has 7 heteroatoms. The molecule has 3 rings (SSSR count). The van der Waals surface area contributed by atoms with Crippen molar-refractivity contribution in [2.24, 2.45) is 0 Å². The number of terminal acetylenes is 1. The molecule has 1 aromatic heterocycles. The van der Waals surface area contributed by atoms with E-state index in [0.29, 0.717) is 28.9 Å². The van der Waals surface area contributed by atoms with Gasteiger partial charge in [-0.05, 0) is 24.1 Å². The van der Waals surface area contributed by atoms with E-state index in [1.165, 1.54) is 11.8 Å². The van der Waals surface area contributed by atoms with Gasteiger partial charge in [-0.15, -0.1) is 6.42 Å². The lowest BCUT2D eigenvalue weighted by Crippen LogP contribution is -2.31. The summed E-state index contributed by atoms with van der Waals surface area (Å²) >= 11 is 1.25. The van der Waals surface area contributed by atoms with Gasteiger partial charge in [-0.3, -0.25) is 9.59 Å². The number of benzene rings is 1. The zero-order valence-electron chi connectivity index (χ0n) is 15.1. The number of unbranched alkanes of at least 4 members (excludes halogenated alkanes) is 1. The van der Waals surface area contributed by atoms with Crippen LogP contribution in [-0.4, -0.2) is 28.2 Å². The lowest BCUT2D eigenvalue weighted by molar-refractivity contribution is -0.116. The van der Waals surface area contributed by atoms with Gasteiger partial charge in [0.2, 0.25) is 5.91 Å². The van der Waals surface area contributed by atoms with Gasteiger partial charge in [0.1, 0.15) is 11.6 Å². The van der Waals surface area contributed by atoms with Crippen LogP contribution in [0, 0.1) is 12.3 Å². The normalized spacial score (nSPS) is 15.6. The Hall–Kier alpha value is -2.72. The average Bonchev–Trinajstić information content (AvgIpc) is 2.66. The molecule has 27 heavy (non-hydrogen) atoms. The molecule has 0 bridgehead atoms. The molecular formula is C20H21N3O3S. The van der Waals surface area contributed by atoms with Crippen molar-refractivity contribution in [3.8, 4) is 18.1 Å². The SMILES string of the molecule is C#CCSc1nc2c(c(=O)[nH]1)C(c1ccc(OCCCC)cc1)CC(=O)N2. The molecule has 6 nitrogen and oxygen atoms in total. The summed E-state index contributed by atoms with van der Waals surface area (Å²) in [5.41, 5.74) is 1.09. The van der Waals surface area contributed by atoms with E-state index in [1.54, 1.807) is 0 Å². The number of carbonyl (C=O) groups excluding carboxylic acids is 1. The minimum Gasteiger partial charge on any atom is -0.494 e. The van der Waals surface area contributed by atoms with Gasteiger partial charge in [0.15, 0.2) is 5.16 Å². The molecule has 1 atom stereocenters. The van der Waals surface area contributed by atoms with Gasteiger partial charge < -0.3 is 15.0 Å². The van der Waals surface area contributed by atoms with Crippen LogP contribution in [0.25, 0.3) is 0 Å². The second kappa shape index (κ2) is 8.78. The van der Waals surface area contributed by atoms with E-state index >= 15 is 0 Å². The fourth-order valence-corrected chi connectivity index (χ4v) is 3.49. The van der Waals surface area contributed by atoms with Crippen LogP contribution < -0.4 is 15.6 Å². The van der Waals surface area contributed by atoms with E-state index < -0.39 is 0 Å². The summed E-state index contributed by atoms with van der Waals surface area (Å²) in [6.07, 6.45) is 7.52. The maximum absolute atomic E-state index is 12.6. The molecule has 0 radical (unpaired) electrons. The Morgan fingerprint density at radius 1 is 1.33 bits per heavy atom. The maximum atomic E-state index is 12.6. The predicted octanol–water partition coefficient (Wildman–Crippen LogP) is 3.15. The molecule has 1 unspecified atom stereocenters. The Bertz CT molecular complexity index is 916. The van der Waals surface area contributed by atoms with E-state index in [9.17, 15) is 9.59 Å². The number of amides is 1. The summed E-state index contributed by atoms with van der Waals surface area (Å²) in [6.45, 7) is 2.78. The Morgan fingerprint density at radius 3 is 2.81 bits per heavy atom. The lowest BCUT2D eigenvalue weighted by atomic mass is 9.87. The topological polar surface area (TPSA) is 84.1 Å². The Balaban J connectivity index is 1.88. The lowest BCUT2D eigenvalue weighted by Gasteiger charge is -2.24. The number of carbonyl (C=O) groups is 1. The van der Waals surface area contributed by atoms with Gasteiger partial charge >= 0.3 is 0 Å². The summed E-state index contributed by atoms with van der Waals surface area (Å²) in [6, 6.07) is 7.54. The van der Waals surface area contributed by atoms with Crippen LogP contribution >= 0.6 is 11.8 Å². The highest BCUT2D eigenvalue weighted by Crippen LogP contribution is 2.35. The summed E-state index contributed by atoms with van der Waals surface area (Å²) in [5, 5.41) is 3.10. The average molecular weight is 383 g/mol. The molecule has 2 aromatic rings. The van der Waals surface area contributed by atoms with Crippen LogP contribution in [0.4, 0.5) is 5.82 Å². The van der Waals surface area contributed by atoms with Gasteiger partial charge in [0.25, 0.3) is 5.56 Å². The van der Waals surface area contributed by atoms with Crippen molar-refractivity contribution in [2.75, 3.05) is 17.7 Å². The number of hydrogen-bond acceptors (Lipinski definition) is 5. The largest absolute Gasteiger partial charge is 0.494 e. The van der Waals surface area contributed by atoms with Gasteiger partial charge in [0.05, 0.1) is 17.9 Å². The van der Waals surface area contributed by atoms with Crippen LogP contribution in [-0.2, 0) is 4.79 Å². The quantitative estimate of drug-likeness (QED) is 0.332. The molecule has 0 saturated carbocycles. The molecule has 1 aromatic carbocycles. The van der Waals surface area contributed by atoms with Crippen molar-refractivity contribution in [2.45, 2.75) is 37.3 Å². The first kappa shape index (κ1) is 19.1. The number of thioether (sulfide) groups is 1. The fourth-order valence-electron chi connectivity index (χ4n) is 2.94. The minimum atomic E-state index is -0.346. The number of aromatic nitrogens is 2. The molecule has 1 aliphatic heterocycles. The molecule has 0 saturated heterocycles. The van der Waals surface area contributed by atoms with Crippen molar-refractivity contribution < 1.29 is 9.53 Å². The standard InChI is InChI=1S/C20H21N3O3S/c1-3-5-10-26-14-8-6-13(7-9-14)15-12-16(24)21-18-17(15)19(25)23-20(22-18)27-11-4-2/h2,6-9,15H,3,5,10-12H2,1H3,(H2,21,22,23,24,25). The number of aromatic amines is 1. The van der Waals surface area contributed by atoms with Crippen molar-refractivity contribution in [1.29, 1.82) is 0 Å². The highest BCUT2D eigenvalue weighted by Gasteiger charge is 2.30. The molecule has 0 spiro atoms. The van der Waals surface area contributed by atoms with E-state index in [4.69, 9.17) is 11.2 Å². The Kier molecular flexibility index (Phi) is 6.20. The van der Waals surface area contributed by atoms with Crippen molar-refractivity contribution in [3.63, 3.8) is 0 Å². The zero-order chi connectivity index (χ0) is 19.2. The number of fused-ring (bicyclic) bond motifs is 1. The van der Waals surface area contributed by atoms with E-state index in [0.717, 1.165) is 24.2 Å². The molecule has 2 N–H and O–H groups in total. The van der Waals surface area contributed by atoms with Crippen molar-refractivity contribution in [1.82, 2.24) is 9.97 Å². The number of rotatable bonds is 7. The smallest absolute Gasteiger partial charge is 0.257 e. The number of anilines is 1. The molecule has 0 aliphatic carbocycles. The predicted molar refractivity (Wildman–Crippen MR) is 106 cm³/mol. The Labute approximate surface area is 162 Å². The highest BCUT2D eigenvalue weighted by molar-refractivity contribution is 7.99. The molecule has 1 amide bonds. The third kappa shape index (κ3) is 4.52. The number of hydrogen-bond donors (Lipinski definition) is 2. The van der Waals surface area contributed by atoms with E-state index in [-0.39, 0.29) is 23.8 Å². The third-order valence-electron chi connectivity index (χ3n) is 4.27. The van der Waals surface area contributed by atoms with Crippen LogP contribution in [0.3, 0.4) is 0 Å². The van der Waals surface area contributed by atoms with Gasteiger partial charge in [-0.25, -0.2) is 4.98 Å². The number of nitrogens with zero attached hydrogens (tertiary/aromatic N) is 1. The first-order valence-electron chi connectivity index (χ1n) is 8.85. The second-order valence-electron chi connectivity index (χ2n) is 6.20. The summed E-state index contributed by atoms with van der Waals surface area (Å²) < 4.78 is 5.68. The first-order chi connectivity index (χ1) is 13.1. The van der Waals surface area contributed by atoms with Crippen molar-refractivity contribution >= 4 is 23.5 Å². The zero-order valence-corrected chi connectivity index (χ0v) is 15.9. The summed E-state index contributed by atoms with van der Waals surface area (Å²) in [7, 11) is 0. The van der Waals surface area contributed by atoms with E-state index in [2.05, 4.69) is 28.1 Å². The van der Waals surface area contributed by atoms with Crippen molar-refractivity contribution in [3.05, 3.63) is 45.7 Å². The molecule has 140 valence electrons. The molecular weight excluding hydrogens is 362 g/mol. The summed E-state index contributed by atoms with van der Waals surface area (Å²) in [4.78, 5) is 31.9. The highest BCUT2D eigenvalue weighted by atomic mass is 32.2. The fraction of sp³-hybridized carbons (Fsp3) is 0.350. The molecule has 2 heterocycles. The molecule has 1 aliphatic rings. The monoisotopic (exact) mass is 383 g/mol. The van der Waals surface area contributed by atoms with Gasteiger partial charge in [0, 0.05) is 12.3 Å². The van der Waals surface area contributed by atoms with Crippen LogP contribution in [0.2, 0.25) is 0 Å². The summed E-state index contributed by atoms with van der Waals surface area (Å²) in [5.74, 6) is 3.45. The number of nitrogens with one attached hydrogen (secondary N) is 2. The molecule has 0 fully saturated rings. The second-order valence-corrected chi connectivity index (χ2v) is 7.17. The number of ether oxygens (including phenoxy) is 1. The van der Waals surface area contributed by atoms with Crippen LogP contribution in [0.1, 0.15) is 43.2 Å². The number of H-pyrrole nitrogens is 1. The van der Waals surface area contributed by atoms with Gasteiger partial charge in [-0.1, -0.05) is 43.2 Å². The van der Waals surface area contributed by atoms with Crippen LogP contribution in [0.15, 0.2) is 34.2 Å². The maximum Gasteiger partial charge on any atom is 0.257 e.